The Bertz CT molecular complexity index is 944. The van der Waals surface area contributed by atoms with Crippen LogP contribution in [0.1, 0.15) is 24.9 Å². The summed E-state index contributed by atoms with van der Waals surface area (Å²) in [6.07, 6.45) is 3.77. The van der Waals surface area contributed by atoms with Crippen LogP contribution in [0.4, 0.5) is 5.13 Å². The molecule has 1 aliphatic heterocycles. The van der Waals surface area contributed by atoms with Gasteiger partial charge in [0, 0.05) is 36.5 Å². The molecule has 0 aromatic carbocycles. The molecule has 3 aromatic heterocycles. The van der Waals surface area contributed by atoms with Gasteiger partial charge in [-0.1, -0.05) is 6.92 Å². The summed E-state index contributed by atoms with van der Waals surface area (Å²) in [5.41, 5.74) is 3.67. The van der Waals surface area contributed by atoms with Crippen LogP contribution in [0.3, 0.4) is 0 Å². The Hall–Kier alpha value is -2.39. The molecule has 1 aliphatic rings. The quantitative estimate of drug-likeness (QED) is 0.716. The van der Waals surface area contributed by atoms with Crippen molar-refractivity contribution in [1.82, 2.24) is 25.3 Å². The molecule has 0 bridgehead atoms. The molecular weight excluding hydrogens is 366 g/mol. The standard InChI is InChI=1S/C17H19N7S2/c1-3-14-20-7-11(10(2)21-14)15-22-12(8-25-15)13-9-26-17(23-13)24-16-18-5-4-6-19-16/h7-9H,3-6H2,1-2H3,(H2,18,19,23,24). The number of aliphatic imine (C=N–C) groups is 1. The van der Waals surface area contributed by atoms with Gasteiger partial charge in [-0.05, 0) is 13.3 Å². The fourth-order valence-electron chi connectivity index (χ4n) is 2.58. The number of thiazole rings is 2. The molecule has 0 amide bonds. The maximum Gasteiger partial charge on any atom is 0.197 e. The lowest BCUT2D eigenvalue weighted by atomic mass is 10.2. The van der Waals surface area contributed by atoms with E-state index in [4.69, 9.17) is 4.98 Å². The van der Waals surface area contributed by atoms with Gasteiger partial charge >= 0.3 is 0 Å². The van der Waals surface area contributed by atoms with Crippen molar-refractivity contribution in [2.24, 2.45) is 4.99 Å². The maximum atomic E-state index is 4.74. The number of anilines is 1. The van der Waals surface area contributed by atoms with E-state index in [0.29, 0.717) is 0 Å². The van der Waals surface area contributed by atoms with E-state index in [1.54, 1.807) is 22.7 Å². The van der Waals surface area contributed by atoms with Gasteiger partial charge in [-0.15, -0.1) is 22.7 Å². The first-order valence-electron chi connectivity index (χ1n) is 8.52. The third-order valence-electron chi connectivity index (χ3n) is 3.97. The van der Waals surface area contributed by atoms with Gasteiger partial charge in [-0.2, -0.15) is 0 Å². The van der Waals surface area contributed by atoms with E-state index in [9.17, 15) is 0 Å². The molecule has 4 heterocycles. The summed E-state index contributed by atoms with van der Waals surface area (Å²) in [5.74, 6) is 1.65. The molecule has 134 valence electrons. The fraction of sp³-hybridized carbons (Fsp3) is 0.353. The Kier molecular flexibility index (Phi) is 4.89. The second-order valence-electron chi connectivity index (χ2n) is 5.85. The summed E-state index contributed by atoms with van der Waals surface area (Å²) in [6.45, 7) is 5.84. The van der Waals surface area contributed by atoms with E-state index in [1.165, 1.54) is 0 Å². The summed E-state index contributed by atoms with van der Waals surface area (Å²) < 4.78 is 0. The first-order chi connectivity index (χ1) is 12.7. The highest BCUT2D eigenvalue weighted by molar-refractivity contribution is 7.14. The molecule has 0 radical (unpaired) electrons. The minimum absolute atomic E-state index is 0.792. The predicted molar refractivity (Wildman–Crippen MR) is 107 cm³/mol. The van der Waals surface area contributed by atoms with Gasteiger partial charge < -0.3 is 10.6 Å². The number of rotatable bonds is 4. The average Bonchev–Trinajstić information content (AvgIpc) is 3.32. The van der Waals surface area contributed by atoms with Crippen LogP contribution in [0.15, 0.2) is 21.9 Å². The summed E-state index contributed by atoms with van der Waals surface area (Å²) in [6, 6.07) is 0. The van der Waals surface area contributed by atoms with Crippen LogP contribution < -0.4 is 10.6 Å². The highest BCUT2D eigenvalue weighted by Crippen LogP contribution is 2.31. The molecule has 0 saturated heterocycles. The van der Waals surface area contributed by atoms with Crippen LogP contribution in [0.5, 0.6) is 0 Å². The van der Waals surface area contributed by atoms with Crippen molar-refractivity contribution in [1.29, 1.82) is 0 Å². The lowest BCUT2D eigenvalue weighted by Gasteiger charge is -2.13. The largest absolute Gasteiger partial charge is 0.356 e. The average molecular weight is 386 g/mol. The van der Waals surface area contributed by atoms with Crippen LogP contribution in [0.2, 0.25) is 0 Å². The molecule has 0 aliphatic carbocycles. The van der Waals surface area contributed by atoms with E-state index in [0.717, 1.165) is 70.5 Å². The first-order valence-corrected chi connectivity index (χ1v) is 10.3. The van der Waals surface area contributed by atoms with Crippen molar-refractivity contribution in [2.45, 2.75) is 26.7 Å². The van der Waals surface area contributed by atoms with E-state index in [2.05, 4.69) is 37.5 Å². The lowest BCUT2D eigenvalue weighted by molar-refractivity contribution is 0.740. The number of aryl methyl sites for hydroxylation is 2. The molecule has 0 fully saturated rings. The predicted octanol–water partition coefficient (Wildman–Crippen LogP) is 3.36. The molecule has 4 rings (SSSR count). The topological polar surface area (TPSA) is 88.0 Å². The van der Waals surface area contributed by atoms with Gasteiger partial charge in [0.15, 0.2) is 11.1 Å². The van der Waals surface area contributed by atoms with Crippen LogP contribution in [0, 0.1) is 6.92 Å². The second kappa shape index (κ2) is 7.46. The number of nitrogens with one attached hydrogen (secondary N) is 2. The molecular formula is C17H19N7S2. The lowest BCUT2D eigenvalue weighted by Crippen LogP contribution is -2.35. The minimum Gasteiger partial charge on any atom is -0.356 e. The van der Waals surface area contributed by atoms with Crippen LogP contribution in [0.25, 0.3) is 22.0 Å². The summed E-state index contributed by atoms with van der Waals surface area (Å²) in [7, 11) is 0. The Labute approximate surface area is 159 Å². The summed E-state index contributed by atoms with van der Waals surface area (Å²) in [4.78, 5) is 22.7. The Morgan fingerprint density at radius 2 is 2.00 bits per heavy atom. The van der Waals surface area contributed by atoms with Gasteiger partial charge in [0.1, 0.15) is 22.2 Å². The van der Waals surface area contributed by atoms with Crippen LogP contribution in [-0.2, 0) is 6.42 Å². The third-order valence-corrected chi connectivity index (χ3v) is 5.60. The number of guanidine groups is 1. The van der Waals surface area contributed by atoms with Gasteiger partial charge in [0.05, 0.1) is 11.3 Å². The van der Waals surface area contributed by atoms with E-state index in [1.807, 2.05) is 23.9 Å². The number of hydrogen-bond acceptors (Lipinski definition) is 9. The summed E-state index contributed by atoms with van der Waals surface area (Å²) >= 11 is 3.14. The zero-order valence-corrected chi connectivity index (χ0v) is 16.2. The number of aromatic nitrogens is 4. The molecule has 9 heteroatoms. The molecule has 0 spiro atoms. The molecule has 0 unspecified atom stereocenters. The van der Waals surface area contributed by atoms with Crippen LogP contribution >= 0.6 is 22.7 Å². The zero-order valence-electron chi connectivity index (χ0n) is 14.6. The van der Waals surface area contributed by atoms with Crippen molar-refractivity contribution in [3.63, 3.8) is 0 Å². The Morgan fingerprint density at radius 1 is 1.15 bits per heavy atom. The van der Waals surface area contributed by atoms with Crippen molar-refractivity contribution >= 4 is 33.8 Å². The molecule has 7 nitrogen and oxygen atoms in total. The molecule has 3 aromatic rings. The van der Waals surface area contributed by atoms with Gasteiger partial charge in [0.25, 0.3) is 0 Å². The smallest absolute Gasteiger partial charge is 0.197 e. The first kappa shape index (κ1) is 17.0. The zero-order chi connectivity index (χ0) is 17.9. The number of hydrogen-bond donors (Lipinski definition) is 2. The minimum atomic E-state index is 0.792. The molecule has 0 saturated carbocycles. The number of nitrogens with zero attached hydrogens (tertiary/aromatic N) is 5. The van der Waals surface area contributed by atoms with Crippen molar-refractivity contribution in [3.8, 4) is 22.0 Å². The van der Waals surface area contributed by atoms with Gasteiger partial charge in [-0.3, -0.25) is 4.99 Å². The fourth-order valence-corrected chi connectivity index (χ4v) is 4.16. The normalized spacial score (nSPS) is 14.0. The van der Waals surface area contributed by atoms with Crippen molar-refractivity contribution in [3.05, 3.63) is 28.5 Å². The van der Waals surface area contributed by atoms with Gasteiger partial charge in [0.2, 0.25) is 0 Å². The van der Waals surface area contributed by atoms with Gasteiger partial charge in [-0.25, -0.2) is 19.9 Å². The van der Waals surface area contributed by atoms with E-state index >= 15 is 0 Å². The maximum absolute atomic E-state index is 4.74. The second-order valence-corrected chi connectivity index (χ2v) is 7.57. The third kappa shape index (κ3) is 3.58. The highest BCUT2D eigenvalue weighted by atomic mass is 32.1. The SMILES string of the molecule is CCc1ncc(-c2nc(-c3csc(NC4=NCCCN4)n3)cs2)c(C)n1. The molecule has 0 atom stereocenters. The van der Waals surface area contributed by atoms with Crippen LogP contribution in [-0.4, -0.2) is 39.0 Å². The Balaban J connectivity index is 1.54. The Morgan fingerprint density at radius 3 is 2.77 bits per heavy atom. The van der Waals surface area contributed by atoms with Crippen molar-refractivity contribution in [2.75, 3.05) is 18.4 Å². The molecule has 26 heavy (non-hydrogen) atoms. The van der Waals surface area contributed by atoms with E-state index in [-0.39, 0.29) is 0 Å². The van der Waals surface area contributed by atoms with E-state index < -0.39 is 0 Å². The van der Waals surface area contributed by atoms with Crippen molar-refractivity contribution < 1.29 is 0 Å². The highest BCUT2D eigenvalue weighted by Gasteiger charge is 2.14. The summed E-state index contributed by atoms with van der Waals surface area (Å²) in [5, 5.41) is 12.2. The molecule has 2 N–H and O–H groups in total. The monoisotopic (exact) mass is 385 g/mol.